The van der Waals surface area contributed by atoms with E-state index in [4.69, 9.17) is 22.1 Å². The van der Waals surface area contributed by atoms with E-state index >= 15 is 0 Å². The number of pyridine rings is 1. The topological polar surface area (TPSA) is 99.4 Å². The van der Waals surface area contributed by atoms with Crippen LogP contribution in [0.5, 0.6) is 5.75 Å². The Labute approximate surface area is 216 Å². The van der Waals surface area contributed by atoms with Crippen molar-refractivity contribution in [3.05, 3.63) is 53.3 Å². The maximum absolute atomic E-state index is 6.35. The summed E-state index contributed by atoms with van der Waals surface area (Å²) in [5.41, 5.74) is 9.81. The molecule has 5 heterocycles. The number of nitrogen functional groups attached to an aromatic ring is 1. The third-order valence-corrected chi connectivity index (χ3v) is 7.02. The zero-order chi connectivity index (χ0) is 25.1. The van der Waals surface area contributed by atoms with Crippen molar-refractivity contribution in [2.45, 2.75) is 51.5 Å². The van der Waals surface area contributed by atoms with Crippen molar-refractivity contribution in [3.63, 3.8) is 0 Å². The molecule has 5 rings (SSSR count). The summed E-state index contributed by atoms with van der Waals surface area (Å²) in [5.74, 6) is 2.05. The Balaban J connectivity index is 1.14. The predicted molar refractivity (Wildman–Crippen MR) is 141 cm³/mol. The number of aryl methyl sites for hydroxylation is 3. The van der Waals surface area contributed by atoms with E-state index < -0.39 is 0 Å². The molecule has 0 unspecified atom stereocenters. The molecule has 36 heavy (non-hydrogen) atoms. The molecule has 190 valence electrons. The highest BCUT2D eigenvalue weighted by Gasteiger charge is 2.25. The van der Waals surface area contributed by atoms with Gasteiger partial charge in [-0.25, -0.2) is 14.5 Å². The molecule has 10 heteroatoms. The number of anilines is 1. The van der Waals surface area contributed by atoms with Crippen LogP contribution in [0.25, 0.3) is 16.8 Å². The minimum absolute atomic E-state index is 0.429. The number of ether oxygens (including phenoxy) is 1. The molecule has 1 fully saturated rings. The SMILES string of the molecule is Cc1nc(Cl)cc(CCCCCN2CCC[C@H]2COc2cnn(C)c2-c2ccn3nc(N)cc3c2)n1. The number of nitrogens with zero attached hydrogens (tertiary/aromatic N) is 7. The number of hydrogen-bond acceptors (Lipinski definition) is 7. The molecule has 0 spiro atoms. The molecule has 1 aliphatic heterocycles. The Morgan fingerprint density at radius 3 is 2.92 bits per heavy atom. The van der Waals surface area contributed by atoms with Crippen LogP contribution in [0.15, 0.2) is 36.7 Å². The molecule has 1 aliphatic rings. The van der Waals surface area contributed by atoms with Crippen LogP contribution in [-0.2, 0) is 13.5 Å². The lowest BCUT2D eigenvalue weighted by Crippen LogP contribution is -2.35. The van der Waals surface area contributed by atoms with Crippen LogP contribution in [-0.4, -0.2) is 60.0 Å². The molecule has 0 radical (unpaired) electrons. The number of hydrogen-bond donors (Lipinski definition) is 1. The Morgan fingerprint density at radius 2 is 2.06 bits per heavy atom. The second-order valence-electron chi connectivity index (χ2n) is 9.52. The molecular weight excluding hydrogens is 476 g/mol. The van der Waals surface area contributed by atoms with E-state index in [1.807, 2.05) is 49.2 Å². The lowest BCUT2D eigenvalue weighted by atomic mass is 10.1. The Kier molecular flexibility index (Phi) is 7.38. The van der Waals surface area contributed by atoms with Gasteiger partial charge in [0.05, 0.1) is 11.7 Å². The lowest BCUT2D eigenvalue weighted by Gasteiger charge is -2.24. The molecule has 0 aromatic carbocycles. The molecular formula is C26H33ClN8O. The number of fused-ring (bicyclic) bond motifs is 1. The highest BCUT2D eigenvalue weighted by atomic mass is 35.5. The standard InChI is InChI=1S/C26H33ClN8O/c1-18-30-20(14-24(27)31-18)7-4-3-5-10-34-11-6-8-21(34)17-36-23-16-29-33(2)26(23)19-9-12-35-22(13-19)15-25(28)32-35/h9,12-16,21H,3-8,10-11,17H2,1-2H3,(H2,28,32)/t21-/m0/s1. The molecule has 1 saturated heterocycles. The first-order valence-corrected chi connectivity index (χ1v) is 13.0. The van der Waals surface area contributed by atoms with Crippen molar-refractivity contribution in [1.82, 2.24) is 34.3 Å². The normalized spacial score (nSPS) is 16.2. The molecule has 0 amide bonds. The highest BCUT2D eigenvalue weighted by Crippen LogP contribution is 2.31. The summed E-state index contributed by atoms with van der Waals surface area (Å²) in [4.78, 5) is 11.2. The Bertz CT molecular complexity index is 1310. The molecule has 1 atom stereocenters. The Morgan fingerprint density at radius 1 is 1.17 bits per heavy atom. The summed E-state index contributed by atoms with van der Waals surface area (Å²) >= 11 is 6.05. The minimum Gasteiger partial charge on any atom is -0.488 e. The largest absolute Gasteiger partial charge is 0.488 e. The van der Waals surface area contributed by atoms with Gasteiger partial charge < -0.3 is 10.5 Å². The van der Waals surface area contributed by atoms with Gasteiger partial charge in [-0.3, -0.25) is 9.58 Å². The summed E-state index contributed by atoms with van der Waals surface area (Å²) in [5, 5.41) is 9.25. The number of rotatable bonds is 10. The van der Waals surface area contributed by atoms with Gasteiger partial charge in [-0.15, -0.1) is 0 Å². The van der Waals surface area contributed by atoms with Crippen LogP contribution in [0, 0.1) is 6.92 Å². The first kappa shape index (κ1) is 24.5. The van der Waals surface area contributed by atoms with Crippen LogP contribution in [0.3, 0.4) is 0 Å². The monoisotopic (exact) mass is 508 g/mol. The second-order valence-corrected chi connectivity index (χ2v) is 9.91. The lowest BCUT2D eigenvalue weighted by molar-refractivity contribution is 0.171. The van der Waals surface area contributed by atoms with E-state index in [0.29, 0.717) is 23.6 Å². The van der Waals surface area contributed by atoms with Crippen molar-refractivity contribution >= 4 is 22.9 Å². The highest BCUT2D eigenvalue weighted by molar-refractivity contribution is 6.29. The van der Waals surface area contributed by atoms with Crippen LogP contribution in [0.4, 0.5) is 5.82 Å². The third kappa shape index (κ3) is 5.63. The molecule has 4 aromatic heterocycles. The fraction of sp³-hybridized carbons (Fsp3) is 0.462. The molecule has 0 aliphatic carbocycles. The van der Waals surface area contributed by atoms with Gasteiger partial charge in [-0.05, 0) is 70.3 Å². The summed E-state index contributed by atoms with van der Waals surface area (Å²) < 4.78 is 9.99. The summed E-state index contributed by atoms with van der Waals surface area (Å²) in [7, 11) is 1.94. The number of nitrogens with two attached hydrogens (primary N) is 1. The van der Waals surface area contributed by atoms with E-state index in [0.717, 1.165) is 66.4 Å². The van der Waals surface area contributed by atoms with E-state index in [9.17, 15) is 0 Å². The zero-order valence-electron chi connectivity index (χ0n) is 20.9. The van der Waals surface area contributed by atoms with E-state index in [-0.39, 0.29) is 0 Å². The van der Waals surface area contributed by atoms with Crippen molar-refractivity contribution in [3.8, 4) is 17.0 Å². The van der Waals surface area contributed by atoms with Crippen LogP contribution < -0.4 is 10.5 Å². The predicted octanol–water partition coefficient (Wildman–Crippen LogP) is 4.33. The first-order chi connectivity index (χ1) is 17.5. The van der Waals surface area contributed by atoms with Gasteiger partial charge in [0.1, 0.15) is 29.1 Å². The average Bonchev–Trinajstić information content (AvgIpc) is 3.53. The van der Waals surface area contributed by atoms with Crippen LogP contribution in [0.1, 0.15) is 43.6 Å². The second kappa shape index (κ2) is 10.8. The summed E-state index contributed by atoms with van der Waals surface area (Å²) in [6.07, 6.45) is 10.5. The number of aromatic nitrogens is 6. The molecule has 2 N–H and O–H groups in total. The van der Waals surface area contributed by atoms with Crippen molar-refractivity contribution in [2.75, 3.05) is 25.4 Å². The van der Waals surface area contributed by atoms with Crippen LogP contribution >= 0.6 is 11.6 Å². The number of unbranched alkanes of at least 4 members (excludes halogenated alkanes) is 2. The van der Waals surface area contributed by atoms with Gasteiger partial charge in [0.25, 0.3) is 0 Å². The summed E-state index contributed by atoms with van der Waals surface area (Å²) in [6.45, 7) is 4.78. The number of halogens is 1. The van der Waals surface area contributed by atoms with E-state index in [1.165, 1.54) is 19.3 Å². The summed E-state index contributed by atoms with van der Waals surface area (Å²) in [6, 6.07) is 8.24. The van der Waals surface area contributed by atoms with Gasteiger partial charge in [0.2, 0.25) is 0 Å². The van der Waals surface area contributed by atoms with Crippen molar-refractivity contribution in [1.29, 1.82) is 0 Å². The minimum atomic E-state index is 0.429. The maximum Gasteiger partial charge on any atom is 0.165 e. The van der Waals surface area contributed by atoms with Gasteiger partial charge >= 0.3 is 0 Å². The fourth-order valence-corrected chi connectivity index (χ4v) is 5.34. The maximum atomic E-state index is 6.35. The van der Waals surface area contributed by atoms with E-state index in [2.05, 4.69) is 31.1 Å². The van der Waals surface area contributed by atoms with E-state index in [1.54, 1.807) is 4.52 Å². The first-order valence-electron chi connectivity index (χ1n) is 12.6. The van der Waals surface area contributed by atoms with Gasteiger partial charge in [-0.1, -0.05) is 18.0 Å². The average molecular weight is 509 g/mol. The van der Waals surface area contributed by atoms with Gasteiger partial charge in [-0.2, -0.15) is 10.2 Å². The van der Waals surface area contributed by atoms with Crippen molar-refractivity contribution < 1.29 is 4.74 Å². The third-order valence-electron chi connectivity index (χ3n) is 6.83. The Hall–Kier alpha value is -3.17. The van der Waals surface area contributed by atoms with Gasteiger partial charge in [0, 0.05) is 36.6 Å². The fourth-order valence-electron chi connectivity index (χ4n) is 5.09. The molecule has 4 aromatic rings. The quantitative estimate of drug-likeness (QED) is 0.251. The van der Waals surface area contributed by atoms with Crippen molar-refractivity contribution in [2.24, 2.45) is 7.05 Å². The molecule has 9 nitrogen and oxygen atoms in total. The molecule has 0 saturated carbocycles. The van der Waals surface area contributed by atoms with Crippen LogP contribution in [0.2, 0.25) is 5.15 Å². The smallest absolute Gasteiger partial charge is 0.165 e. The molecule has 0 bridgehead atoms. The number of likely N-dealkylation sites (tertiary alicyclic amines) is 1. The van der Waals surface area contributed by atoms with Gasteiger partial charge in [0.15, 0.2) is 5.75 Å². The zero-order valence-corrected chi connectivity index (χ0v) is 21.7.